The van der Waals surface area contributed by atoms with Gasteiger partial charge in [-0.25, -0.2) is 0 Å². The zero-order valence-corrected chi connectivity index (χ0v) is 17.4. The van der Waals surface area contributed by atoms with Crippen molar-refractivity contribution < 1.29 is 4.74 Å². The van der Waals surface area contributed by atoms with Crippen molar-refractivity contribution in [2.75, 3.05) is 25.2 Å². The summed E-state index contributed by atoms with van der Waals surface area (Å²) in [6.07, 6.45) is 5.15. The maximum absolute atomic E-state index is 5.97. The van der Waals surface area contributed by atoms with Crippen molar-refractivity contribution in [3.05, 3.63) is 29.8 Å². The summed E-state index contributed by atoms with van der Waals surface area (Å²) < 4.78 is 5.97. The minimum Gasteiger partial charge on any atom is -0.493 e. The lowest BCUT2D eigenvalue weighted by Gasteiger charge is -2.24. The van der Waals surface area contributed by atoms with E-state index in [2.05, 4.69) is 33.8 Å². The molecular formula is C18H28IN3OS. The summed E-state index contributed by atoms with van der Waals surface area (Å²) in [6, 6.07) is 8.82. The number of nitrogens with zero attached hydrogens (tertiary/aromatic N) is 1. The first kappa shape index (κ1) is 19.7. The first-order chi connectivity index (χ1) is 11.3. The zero-order chi connectivity index (χ0) is 15.9. The summed E-state index contributed by atoms with van der Waals surface area (Å²) in [7, 11) is 1.83. The number of para-hydroxylation sites is 1. The molecule has 0 spiro atoms. The Bertz CT molecular complexity index is 531. The summed E-state index contributed by atoms with van der Waals surface area (Å²) >= 11 is 2.02. The summed E-state index contributed by atoms with van der Waals surface area (Å²) in [5.41, 5.74) is 1.19. The van der Waals surface area contributed by atoms with Crippen molar-refractivity contribution in [3.8, 4) is 5.75 Å². The van der Waals surface area contributed by atoms with Gasteiger partial charge in [-0.2, -0.15) is 11.8 Å². The predicted molar refractivity (Wildman–Crippen MR) is 114 cm³/mol. The Hall–Kier alpha value is -0.630. The van der Waals surface area contributed by atoms with E-state index in [-0.39, 0.29) is 24.0 Å². The normalized spacial score (nSPS) is 20.9. The van der Waals surface area contributed by atoms with Gasteiger partial charge in [-0.1, -0.05) is 18.2 Å². The van der Waals surface area contributed by atoms with Crippen LogP contribution in [-0.2, 0) is 6.54 Å². The van der Waals surface area contributed by atoms with Crippen LogP contribution in [0.4, 0.5) is 0 Å². The Balaban J connectivity index is 0.00000208. The van der Waals surface area contributed by atoms with Crippen LogP contribution < -0.4 is 15.4 Å². The first-order valence-electron chi connectivity index (χ1n) is 8.61. The van der Waals surface area contributed by atoms with Crippen molar-refractivity contribution in [3.63, 3.8) is 0 Å². The number of ether oxygens (including phenoxy) is 1. The summed E-state index contributed by atoms with van der Waals surface area (Å²) in [5.74, 6) is 5.11. The van der Waals surface area contributed by atoms with Crippen LogP contribution in [0.1, 0.15) is 31.2 Å². The smallest absolute Gasteiger partial charge is 0.191 e. The average molecular weight is 461 g/mol. The van der Waals surface area contributed by atoms with Crippen LogP contribution in [0.25, 0.3) is 0 Å². The van der Waals surface area contributed by atoms with E-state index in [1.54, 1.807) is 0 Å². The van der Waals surface area contributed by atoms with Crippen LogP contribution >= 0.6 is 35.7 Å². The molecule has 0 radical (unpaired) electrons. The average Bonchev–Trinajstić information content (AvgIpc) is 3.43. The van der Waals surface area contributed by atoms with E-state index < -0.39 is 0 Å². The molecule has 1 aliphatic carbocycles. The Morgan fingerprint density at radius 2 is 2.12 bits per heavy atom. The van der Waals surface area contributed by atoms with E-state index in [1.165, 1.54) is 42.8 Å². The lowest BCUT2D eigenvalue weighted by molar-refractivity contribution is 0.296. The Labute approximate surface area is 166 Å². The lowest BCUT2D eigenvalue weighted by Crippen LogP contribution is -2.45. The van der Waals surface area contributed by atoms with Gasteiger partial charge in [-0.15, -0.1) is 24.0 Å². The molecule has 1 heterocycles. The van der Waals surface area contributed by atoms with Gasteiger partial charge in [0.15, 0.2) is 5.96 Å². The summed E-state index contributed by atoms with van der Waals surface area (Å²) in [6.45, 7) is 1.59. The minimum absolute atomic E-state index is 0. The molecule has 2 fully saturated rings. The van der Waals surface area contributed by atoms with Gasteiger partial charge in [0.2, 0.25) is 0 Å². The van der Waals surface area contributed by atoms with Crippen molar-refractivity contribution in [2.45, 2.75) is 38.3 Å². The minimum atomic E-state index is 0. The number of rotatable bonds is 6. The third-order valence-corrected chi connectivity index (χ3v) is 5.53. The molecule has 134 valence electrons. The van der Waals surface area contributed by atoms with Gasteiger partial charge in [-0.05, 0) is 43.4 Å². The van der Waals surface area contributed by atoms with E-state index in [4.69, 9.17) is 4.74 Å². The number of halogens is 1. The molecule has 1 saturated carbocycles. The molecule has 2 aliphatic rings. The molecule has 1 aromatic rings. The molecule has 0 aromatic heterocycles. The highest BCUT2D eigenvalue weighted by atomic mass is 127. The van der Waals surface area contributed by atoms with Crippen LogP contribution in [0.5, 0.6) is 5.75 Å². The molecule has 1 atom stereocenters. The van der Waals surface area contributed by atoms with Crippen LogP contribution in [0.15, 0.2) is 29.3 Å². The van der Waals surface area contributed by atoms with Gasteiger partial charge in [0.25, 0.3) is 0 Å². The van der Waals surface area contributed by atoms with Gasteiger partial charge in [0.1, 0.15) is 5.75 Å². The number of nitrogens with one attached hydrogen (secondary N) is 2. The molecule has 1 unspecified atom stereocenters. The molecular weight excluding hydrogens is 433 g/mol. The number of hydrogen-bond donors (Lipinski definition) is 2. The largest absolute Gasteiger partial charge is 0.493 e. The highest BCUT2D eigenvalue weighted by molar-refractivity contribution is 14.0. The number of guanidine groups is 1. The lowest BCUT2D eigenvalue weighted by atomic mass is 10.2. The molecule has 1 saturated heterocycles. The number of aliphatic imine (C=N–C) groups is 1. The quantitative estimate of drug-likeness (QED) is 0.386. The molecule has 4 nitrogen and oxygen atoms in total. The summed E-state index contributed by atoms with van der Waals surface area (Å²) in [5, 5.41) is 6.96. The topological polar surface area (TPSA) is 45.7 Å². The second kappa shape index (κ2) is 10.4. The van der Waals surface area contributed by atoms with Crippen molar-refractivity contribution >= 4 is 41.7 Å². The molecule has 24 heavy (non-hydrogen) atoms. The van der Waals surface area contributed by atoms with Crippen LogP contribution in [0, 0.1) is 5.92 Å². The molecule has 0 amide bonds. The Morgan fingerprint density at radius 3 is 2.83 bits per heavy atom. The number of hydrogen-bond acceptors (Lipinski definition) is 3. The van der Waals surface area contributed by atoms with Crippen LogP contribution in [0.2, 0.25) is 0 Å². The van der Waals surface area contributed by atoms with Crippen LogP contribution in [-0.4, -0.2) is 37.2 Å². The Morgan fingerprint density at radius 1 is 1.29 bits per heavy atom. The highest BCUT2D eigenvalue weighted by Crippen LogP contribution is 2.30. The highest BCUT2D eigenvalue weighted by Gasteiger charge is 2.22. The van der Waals surface area contributed by atoms with Crippen LogP contribution in [0.3, 0.4) is 0 Å². The second-order valence-corrected chi connectivity index (χ2v) is 7.50. The first-order valence-corrected chi connectivity index (χ1v) is 9.76. The maximum atomic E-state index is 5.97. The van der Waals surface area contributed by atoms with Gasteiger partial charge in [0.05, 0.1) is 6.61 Å². The van der Waals surface area contributed by atoms with Gasteiger partial charge >= 0.3 is 0 Å². The fourth-order valence-electron chi connectivity index (χ4n) is 2.70. The third kappa shape index (κ3) is 6.35. The molecule has 2 N–H and O–H groups in total. The van der Waals surface area contributed by atoms with Gasteiger partial charge in [-0.3, -0.25) is 4.99 Å². The van der Waals surface area contributed by atoms with Crippen molar-refractivity contribution in [1.82, 2.24) is 10.6 Å². The number of benzene rings is 1. The maximum Gasteiger partial charge on any atom is 0.191 e. The SMILES string of the molecule is CN=C(NCc1ccccc1OCC1CC1)NC1CCCSC1.I. The fraction of sp³-hybridized carbons (Fsp3) is 0.611. The summed E-state index contributed by atoms with van der Waals surface area (Å²) in [4.78, 5) is 4.36. The second-order valence-electron chi connectivity index (χ2n) is 6.35. The van der Waals surface area contributed by atoms with Gasteiger partial charge < -0.3 is 15.4 Å². The zero-order valence-electron chi connectivity index (χ0n) is 14.3. The van der Waals surface area contributed by atoms with E-state index >= 15 is 0 Å². The standard InChI is InChI=1S/C18H27N3OS.HI/c1-19-18(21-16-6-4-10-23-13-16)20-11-15-5-2-3-7-17(15)22-12-14-8-9-14;/h2-3,5,7,14,16H,4,6,8-13H2,1H3,(H2,19,20,21);1H. The van der Waals surface area contributed by atoms with Crippen molar-refractivity contribution in [2.24, 2.45) is 10.9 Å². The molecule has 0 bridgehead atoms. The third-order valence-electron chi connectivity index (χ3n) is 4.32. The number of thioether (sulfide) groups is 1. The van der Waals surface area contributed by atoms with Crippen molar-refractivity contribution in [1.29, 1.82) is 0 Å². The molecule has 6 heteroatoms. The Kier molecular flexibility index (Phi) is 8.52. The fourth-order valence-corrected chi connectivity index (χ4v) is 3.78. The van der Waals surface area contributed by atoms with E-state index in [0.29, 0.717) is 6.04 Å². The van der Waals surface area contributed by atoms with E-state index in [0.717, 1.165) is 30.8 Å². The van der Waals surface area contributed by atoms with E-state index in [9.17, 15) is 0 Å². The van der Waals surface area contributed by atoms with E-state index in [1.807, 2.05) is 24.9 Å². The molecule has 3 rings (SSSR count). The predicted octanol–water partition coefficient (Wildman–Crippen LogP) is 3.65. The molecule has 1 aliphatic heterocycles. The molecule has 1 aromatic carbocycles. The van der Waals surface area contributed by atoms with Gasteiger partial charge in [0, 0.05) is 31.0 Å². The monoisotopic (exact) mass is 461 g/mol.